The van der Waals surface area contributed by atoms with Crippen LogP contribution in [0.3, 0.4) is 0 Å². The van der Waals surface area contributed by atoms with Crippen molar-refractivity contribution in [1.82, 2.24) is 24.6 Å². The monoisotopic (exact) mass is 612 g/mol. The van der Waals surface area contributed by atoms with Gasteiger partial charge in [-0.05, 0) is 52.3 Å². The van der Waals surface area contributed by atoms with E-state index < -0.39 is 19.8 Å². The van der Waals surface area contributed by atoms with Gasteiger partial charge in [0.25, 0.3) is 0 Å². The van der Waals surface area contributed by atoms with Gasteiger partial charge < -0.3 is 24.3 Å². The SMILES string of the molecule is CCCC[C@H](CO[P@](=O)(N[C@@H](C)C(=O)OC(C)C)Oc1ccncc1)n1c(COCC)nc2c(N)nc3ccccc3c21. The van der Waals surface area contributed by atoms with Crippen molar-refractivity contribution in [3.05, 3.63) is 54.6 Å². The zero-order chi connectivity index (χ0) is 31.0. The molecule has 4 aromatic rings. The number of para-hydroxylation sites is 1. The van der Waals surface area contributed by atoms with Crippen molar-refractivity contribution in [2.75, 3.05) is 18.9 Å². The minimum absolute atomic E-state index is 0.0253. The fourth-order valence-electron chi connectivity index (χ4n) is 4.72. The van der Waals surface area contributed by atoms with Gasteiger partial charge in [-0.25, -0.2) is 14.5 Å². The third-order valence-electron chi connectivity index (χ3n) is 6.69. The second-order valence-electron chi connectivity index (χ2n) is 10.4. The summed E-state index contributed by atoms with van der Waals surface area (Å²) >= 11 is 0. The molecule has 12 nitrogen and oxygen atoms in total. The first-order valence-electron chi connectivity index (χ1n) is 14.6. The van der Waals surface area contributed by atoms with Crippen LogP contribution < -0.4 is 15.3 Å². The molecule has 232 valence electrons. The minimum atomic E-state index is -4.12. The molecule has 1 aromatic carbocycles. The number of esters is 1. The molecule has 0 fully saturated rings. The maximum Gasteiger partial charge on any atom is 0.459 e. The van der Waals surface area contributed by atoms with Crippen LogP contribution in [0.25, 0.3) is 21.9 Å². The van der Waals surface area contributed by atoms with Gasteiger partial charge in [-0.15, -0.1) is 0 Å². The number of aromatic nitrogens is 4. The molecule has 0 radical (unpaired) electrons. The lowest BCUT2D eigenvalue weighted by Gasteiger charge is -2.27. The molecule has 0 aliphatic heterocycles. The van der Waals surface area contributed by atoms with Crippen LogP contribution in [0.1, 0.15) is 65.7 Å². The van der Waals surface area contributed by atoms with Crippen molar-refractivity contribution in [3.63, 3.8) is 0 Å². The first kappa shape index (κ1) is 32.3. The Balaban J connectivity index is 1.76. The van der Waals surface area contributed by atoms with E-state index in [0.717, 1.165) is 29.3 Å². The number of hydrogen-bond donors (Lipinski definition) is 2. The van der Waals surface area contributed by atoms with Gasteiger partial charge in [0.05, 0.1) is 29.8 Å². The number of anilines is 1. The number of unbranched alkanes of at least 4 members (excludes halogenated alkanes) is 1. The molecule has 3 atom stereocenters. The van der Waals surface area contributed by atoms with Crippen molar-refractivity contribution < 1.29 is 27.9 Å². The van der Waals surface area contributed by atoms with Crippen LogP contribution in [0.15, 0.2) is 48.8 Å². The van der Waals surface area contributed by atoms with Gasteiger partial charge in [0, 0.05) is 24.4 Å². The first-order valence-corrected chi connectivity index (χ1v) is 16.1. The van der Waals surface area contributed by atoms with E-state index in [1.165, 1.54) is 12.4 Å². The summed E-state index contributed by atoms with van der Waals surface area (Å²) in [5.41, 5.74) is 8.50. The van der Waals surface area contributed by atoms with E-state index in [-0.39, 0.29) is 31.1 Å². The number of carbonyl (C=O) groups is 1. The number of nitrogens with zero attached hydrogens (tertiary/aromatic N) is 4. The van der Waals surface area contributed by atoms with Crippen molar-refractivity contribution in [1.29, 1.82) is 0 Å². The van der Waals surface area contributed by atoms with Crippen LogP contribution in [0.4, 0.5) is 5.82 Å². The molecule has 4 rings (SSSR count). The van der Waals surface area contributed by atoms with E-state index in [1.54, 1.807) is 32.9 Å². The standard InChI is InChI=1S/C30H41N6O6P/c1-6-8-11-22(18-40-43(38,42-23-14-16-32-17-15-23)35-21(5)30(37)41-20(3)4)36-26(19-39-7-2)34-27-28(36)24-12-9-10-13-25(24)33-29(27)31/h9-10,12-17,20-22H,6-8,11,18-19H2,1-5H3,(H2,31,33)(H,35,38)/t21-,22+,43+/m0/s1. The molecular formula is C30H41N6O6P. The van der Waals surface area contributed by atoms with E-state index in [0.29, 0.717) is 30.2 Å². The molecule has 3 N–H and O–H groups in total. The second-order valence-corrected chi connectivity index (χ2v) is 12.1. The highest BCUT2D eigenvalue weighted by molar-refractivity contribution is 7.52. The summed E-state index contributed by atoms with van der Waals surface area (Å²) < 4.78 is 39.4. The Bertz CT molecular complexity index is 1560. The third-order valence-corrected chi connectivity index (χ3v) is 8.33. The smallest absolute Gasteiger partial charge is 0.459 e. The predicted molar refractivity (Wildman–Crippen MR) is 166 cm³/mol. The van der Waals surface area contributed by atoms with Crippen LogP contribution in [0.2, 0.25) is 0 Å². The molecule has 0 saturated heterocycles. The summed E-state index contributed by atoms with van der Waals surface area (Å²) in [7, 11) is -4.12. The zero-order valence-electron chi connectivity index (χ0n) is 25.4. The number of nitrogen functional groups attached to an aromatic ring is 1. The third kappa shape index (κ3) is 8.08. The summed E-state index contributed by atoms with van der Waals surface area (Å²) in [5, 5.41) is 3.64. The molecule has 0 unspecified atom stereocenters. The maximum absolute atomic E-state index is 14.3. The van der Waals surface area contributed by atoms with Crippen LogP contribution in [-0.4, -0.2) is 50.8 Å². The number of benzene rings is 1. The van der Waals surface area contributed by atoms with Gasteiger partial charge in [-0.1, -0.05) is 38.0 Å². The van der Waals surface area contributed by atoms with Gasteiger partial charge in [-0.2, -0.15) is 5.09 Å². The fraction of sp³-hybridized carbons (Fsp3) is 0.467. The van der Waals surface area contributed by atoms with Gasteiger partial charge in [0.2, 0.25) is 0 Å². The Kier molecular flexibility index (Phi) is 11.1. The highest BCUT2D eigenvalue weighted by atomic mass is 31.2. The van der Waals surface area contributed by atoms with Gasteiger partial charge in [0.1, 0.15) is 29.7 Å². The molecule has 0 saturated carbocycles. The van der Waals surface area contributed by atoms with E-state index >= 15 is 0 Å². The van der Waals surface area contributed by atoms with Gasteiger partial charge >= 0.3 is 13.7 Å². The number of carbonyl (C=O) groups excluding carboxylic acids is 1. The summed E-state index contributed by atoms with van der Waals surface area (Å²) in [6.45, 7) is 9.77. The number of fused-ring (bicyclic) bond motifs is 3. The number of ether oxygens (including phenoxy) is 2. The van der Waals surface area contributed by atoms with E-state index in [4.69, 9.17) is 29.2 Å². The minimum Gasteiger partial charge on any atom is -0.462 e. The number of nitrogens with one attached hydrogen (secondary N) is 1. The Hall–Kier alpha value is -3.57. The fourth-order valence-corrected chi connectivity index (χ4v) is 6.25. The van der Waals surface area contributed by atoms with Crippen LogP contribution in [0, 0.1) is 0 Å². The average molecular weight is 613 g/mol. The molecule has 0 aliphatic rings. The van der Waals surface area contributed by atoms with Crippen LogP contribution in [-0.2, 0) is 30.0 Å². The Labute approximate surface area is 251 Å². The second kappa shape index (κ2) is 14.7. The lowest BCUT2D eigenvalue weighted by atomic mass is 10.1. The predicted octanol–water partition coefficient (Wildman–Crippen LogP) is 5.96. The average Bonchev–Trinajstić information content (AvgIpc) is 3.36. The number of rotatable bonds is 16. The highest BCUT2D eigenvalue weighted by Crippen LogP contribution is 2.46. The molecule has 43 heavy (non-hydrogen) atoms. The van der Waals surface area contributed by atoms with Crippen LogP contribution in [0.5, 0.6) is 5.75 Å². The molecule has 0 aliphatic carbocycles. The molecule has 0 amide bonds. The molecule has 0 bridgehead atoms. The Morgan fingerprint density at radius 2 is 1.84 bits per heavy atom. The largest absolute Gasteiger partial charge is 0.462 e. The molecule has 0 spiro atoms. The zero-order valence-corrected chi connectivity index (χ0v) is 26.3. The Morgan fingerprint density at radius 1 is 1.09 bits per heavy atom. The van der Waals surface area contributed by atoms with E-state index in [9.17, 15) is 9.36 Å². The normalized spacial score (nSPS) is 14.6. The lowest BCUT2D eigenvalue weighted by molar-refractivity contribution is -0.149. The number of imidazole rings is 1. The van der Waals surface area contributed by atoms with Crippen molar-refractivity contribution in [2.24, 2.45) is 0 Å². The van der Waals surface area contributed by atoms with Crippen molar-refractivity contribution >= 4 is 41.5 Å². The lowest BCUT2D eigenvalue weighted by Crippen LogP contribution is -2.36. The molecule has 13 heteroatoms. The van der Waals surface area contributed by atoms with E-state index in [2.05, 4.69) is 26.5 Å². The molecule has 3 aromatic heterocycles. The number of hydrogen-bond acceptors (Lipinski definition) is 10. The van der Waals surface area contributed by atoms with Crippen molar-refractivity contribution in [3.8, 4) is 5.75 Å². The van der Waals surface area contributed by atoms with Crippen LogP contribution >= 0.6 is 7.75 Å². The number of pyridine rings is 2. The summed E-state index contributed by atoms with van der Waals surface area (Å²) in [5.74, 6) is 0.661. The summed E-state index contributed by atoms with van der Waals surface area (Å²) in [6.07, 6.45) is 5.16. The van der Waals surface area contributed by atoms with Crippen molar-refractivity contribution in [2.45, 2.75) is 78.7 Å². The Morgan fingerprint density at radius 3 is 2.53 bits per heavy atom. The highest BCUT2D eigenvalue weighted by Gasteiger charge is 2.34. The van der Waals surface area contributed by atoms with Gasteiger partial charge in [-0.3, -0.25) is 14.3 Å². The quantitative estimate of drug-likeness (QED) is 0.114. The van der Waals surface area contributed by atoms with E-state index in [1.807, 2.05) is 31.2 Å². The maximum atomic E-state index is 14.3. The van der Waals surface area contributed by atoms with Gasteiger partial charge in [0.15, 0.2) is 5.82 Å². The topological polar surface area (TPSA) is 153 Å². The molecule has 3 heterocycles. The number of nitrogens with two attached hydrogens (primary N) is 1. The molecular weight excluding hydrogens is 571 g/mol. The summed E-state index contributed by atoms with van der Waals surface area (Å²) in [4.78, 5) is 26.0. The first-order chi connectivity index (χ1) is 20.7. The summed E-state index contributed by atoms with van der Waals surface area (Å²) in [6, 6.07) is 9.55.